The molecule has 0 radical (unpaired) electrons. The Kier molecular flexibility index (Phi) is 5.40. The van der Waals surface area contributed by atoms with Gasteiger partial charge in [-0.1, -0.05) is 31.4 Å². The molecule has 0 aliphatic heterocycles. The van der Waals surface area contributed by atoms with Crippen LogP contribution >= 0.6 is 0 Å². The van der Waals surface area contributed by atoms with Crippen molar-refractivity contribution in [3.63, 3.8) is 0 Å². The first kappa shape index (κ1) is 18.2. The van der Waals surface area contributed by atoms with Crippen molar-refractivity contribution in [2.75, 3.05) is 0 Å². The molecule has 1 aromatic rings. The number of carbonyl (C=O) groups excluding carboxylic acids is 2. The first-order valence-electron chi connectivity index (χ1n) is 9.13. The summed E-state index contributed by atoms with van der Waals surface area (Å²) in [6, 6.07) is 7.27. The molecular formula is C20H24N2O4. The van der Waals surface area contributed by atoms with Crippen molar-refractivity contribution >= 4 is 23.9 Å². The van der Waals surface area contributed by atoms with E-state index in [1.165, 1.54) is 6.08 Å². The van der Waals surface area contributed by atoms with Gasteiger partial charge in [0, 0.05) is 17.7 Å². The summed E-state index contributed by atoms with van der Waals surface area (Å²) < 4.78 is 0. The predicted octanol–water partition coefficient (Wildman–Crippen LogP) is 2.50. The van der Waals surface area contributed by atoms with E-state index < -0.39 is 17.4 Å². The first-order chi connectivity index (χ1) is 12.5. The van der Waals surface area contributed by atoms with Crippen molar-refractivity contribution in [1.82, 2.24) is 10.6 Å². The predicted molar refractivity (Wildman–Crippen MR) is 97.6 cm³/mol. The molecule has 0 heterocycles. The molecule has 0 atom stereocenters. The second kappa shape index (κ2) is 7.72. The van der Waals surface area contributed by atoms with Gasteiger partial charge in [0.15, 0.2) is 0 Å². The molecule has 6 nitrogen and oxygen atoms in total. The van der Waals surface area contributed by atoms with Crippen LogP contribution in [-0.4, -0.2) is 34.5 Å². The standard InChI is InChI=1S/C20H24N2O4/c23-17(22-20(19(25)26)12-2-1-3-13-20)11-6-14-4-7-15(8-5-14)18(24)21-16-9-10-16/h4-8,11,16H,1-3,9-10,12-13H2,(H,21,24)(H,22,23)(H,25,26)/b11-6-. The summed E-state index contributed by atoms with van der Waals surface area (Å²) in [5, 5.41) is 15.1. The SMILES string of the molecule is O=C(/C=C\c1ccc(C(=O)NC2CC2)cc1)NC1(C(=O)O)CCCCC1. The summed E-state index contributed by atoms with van der Waals surface area (Å²) in [6.07, 6.45) is 8.59. The molecular weight excluding hydrogens is 332 g/mol. The highest BCUT2D eigenvalue weighted by Gasteiger charge is 2.40. The number of amides is 2. The number of aliphatic carboxylic acids is 1. The normalized spacial score (nSPS) is 19.1. The highest BCUT2D eigenvalue weighted by Crippen LogP contribution is 2.28. The molecule has 138 valence electrons. The van der Waals surface area contributed by atoms with Gasteiger partial charge in [-0.15, -0.1) is 0 Å². The Labute approximate surface area is 152 Å². The van der Waals surface area contributed by atoms with Crippen LogP contribution in [0.1, 0.15) is 60.9 Å². The lowest BCUT2D eigenvalue weighted by molar-refractivity contribution is -0.148. The van der Waals surface area contributed by atoms with Crippen LogP contribution in [0.3, 0.4) is 0 Å². The van der Waals surface area contributed by atoms with E-state index in [0.717, 1.165) is 37.7 Å². The Balaban J connectivity index is 1.58. The molecule has 26 heavy (non-hydrogen) atoms. The first-order valence-corrected chi connectivity index (χ1v) is 9.13. The van der Waals surface area contributed by atoms with Crippen LogP contribution < -0.4 is 10.6 Å². The lowest BCUT2D eigenvalue weighted by Gasteiger charge is -2.33. The van der Waals surface area contributed by atoms with E-state index in [2.05, 4.69) is 10.6 Å². The highest BCUT2D eigenvalue weighted by atomic mass is 16.4. The maximum atomic E-state index is 12.2. The van der Waals surface area contributed by atoms with Gasteiger partial charge in [0.2, 0.25) is 5.91 Å². The van der Waals surface area contributed by atoms with Gasteiger partial charge >= 0.3 is 5.97 Å². The van der Waals surface area contributed by atoms with Crippen molar-refractivity contribution in [1.29, 1.82) is 0 Å². The van der Waals surface area contributed by atoms with Crippen molar-refractivity contribution < 1.29 is 19.5 Å². The molecule has 0 unspecified atom stereocenters. The van der Waals surface area contributed by atoms with Crippen molar-refractivity contribution in [3.8, 4) is 0 Å². The quantitative estimate of drug-likeness (QED) is 0.683. The van der Waals surface area contributed by atoms with E-state index in [0.29, 0.717) is 24.4 Å². The summed E-state index contributed by atoms with van der Waals surface area (Å²) in [5.41, 5.74) is 0.214. The van der Waals surface area contributed by atoms with Crippen LogP contribution in [0.15, 0.2) is 30.3 Å². The van der Waals surface area contributed by atoms with Crippen LogP contribution in [0.4, 0.5) is 0 Å². The summed E-state index contributed by atoms with van der Waals surface area (Å²) >= 11 is 0. The fourth-order valence-corrected chi connectivity index (χ4v) is 3.24. The number of hydrogen-bond donors (Lipinski definition) is 3. The third-order valence-corrected chi connectivity index (χ3v) is 4.99. The molecule has 0 bridgehead atoms. The summed E-state index contributed by atoms with van der Waals surface area (Å²) in [6.45, 7) is 0. The number of carbonyl (C=O) groups is 3. The van der Waals surface area contributed by atoms with Gasteiger partial charge < -0.3 is 15.7 Å². The van der Waals surface area contributed by atoms with E-state index in [1.54, 1.807) is 30.3 Å². The van der Waals surface area contributed by atoms with E-state index in [9.17, 15) is 19.5 Å². The van der Waals surface area contributed by atoms with Gasteiger partial charge in [0.25, 0.3) is 5.91 Å². The minimum absolute atomic E-state index is 0.0820. The van der Waals surface area contributed by atoms with Crippen LogP contribution in [0, 0.1) is 0 Å². The van der Waals surface area contributed by atoms with Crippen molar-refractivity contribution in [3.05, 3.63) is 41.5 Å². The fourth-order valence-electron chi connectivity index (χ4n) is 3.24. The molecule has 2 fully saturated rings. The van der Waals surface area contributed by atoms with Gasteiger partial charge in [0.1, 0.15) is 5.54 Å². The van der Waals surface area contributed by atoms with Crippen LogP contribution in [0.2, 0.25) is 0 Å². The highest BCUT2D eigenvalue weighted by molar-refractivity contribution is 5.96. The van der Waals surface area contributed by atoms with Gasteiger partial charge in [-0.25, -0.2) is 4.79 Å². The Morgan fingerprint density at radius 3 is 2.27 bits per heavy atom. The van der Waals surface area contributed by atoms with Crippen LogP contribution in [0.5, 0.6) is 0 Å². The molecule has 2 aliphatic rings. The monoisotopic (exact) mass is 356 g/mol. The summed E-state index contributed by atoms with van der Waals surface area (Å²) in [4.78, 5) is 35.7. The topological polar surface area (TPSA) is 95.5 Å². The van der Waals surface area contributed by atoms with Crippen molar-refractivity contribution in [2.45, 2.75) is 56.5 Å². The van der Waals surface area contributed by atoms with E-state index >= 15 is 0 Å². The van der Waals surface area contributed by atoms with Crippen molar-refractivity contribution in [2.24, 2.45) is 0 Å². The number of nitrogens with one attached hydrogen (secondary N) is 2. The van der Waals surface area contributed by atoms with Gasteiger partial charge in [-0.05, 0) is 49.5 Å². The molecule has 0 saturated heterocycles. The number of rotatable bonds is 6. The minimum Gasteiger partial charge on any atom is -0.480 e. The zero-order chi connectivity index (χ0) is 18.6. The Morgan fingerprint density at radius 1 is 1.04 bits per heavy atom. The van der Waals surface area contributed by atoms with Crippen LogP contribution in [0.25, 0.3) is 6.08 Å². The van der Waals surface area contributed by atoms with Gasteiger partial charge in [0.05, 0.1) is 0 Å². The Hall–Kier alpha value is -2.63. The van der Waals surface area contributed by atoms with Gasteiger partial charge in [-0.2, -0.15) is 0 Å². The van der Waals surface area contributed by atoms with Gasteiger partial charge in [-0.3, -0.25) is 9.59 Å². The Bertz CT molecular complexity index is 714. The maximum Gasteiger partial charge on any atom is 0.329 e. The molecule has 3 rings (SSSR count). The number of hydrogen-bond acceptors (Lipinski definition) is 3. The average molecular weight is 356 g/mol. The lowest BCUT2D eigenvalue weighted by Crippen LogP contribution is -2.55. The minimum atomic E-state index is -1.15. The molecule has 0 spiro atoms. The maximum absolute atomic E-state index is 12.2. The zero-order valence-electron chi connectivity index (χ0n) is 14.7. The molecule has 0 aromatic heterocycles. The lowest BCUT2D eigenvalue weighted by atomic mass is 9.81. The molecule has 6 heteroatoms. The second-order valence-corrected chi connectivity index (χ2v) is 7.14. The fraction of sp³-hybridized carbons (Fsp3) is 0.450. The summed E-state index contributed by atoms with van der Waals surface area (Å²) in [5.74, 6) is -1.46. The second-order valence-electron chi connectivity index (χ2n) is 7.14. The van der Waals surface area contributed by atoms with Crippen LogP contribution in [-0.2, 0) is 9.59 Å². The molecule has 2 amide bonds. The molecule has 2 saturated carbocycles. The number of carboxylic acid groups (broad SMARTS) is 1. The van der Waals surface area contributed by atoms with E-state index in [4.69, 9.17) is 0 Å². The summed E-state index contributed by atoms with van der Waals surface area (Å²) in [7, 11) is 0. The third kappa shape index (κ3) is 4.50. The largest absolute Gasteiger partial charge is 0.480 e. The molecule has 3 N–H and O–H groups in total. The van der Waals surface area contributed by atoms with E-state index in [1.807, 2.05) is 0 Å². The number of carboxylic acids is 1. The molecule has 1 aromatic carbocycles. The molecule has 2 aliphatic carbocycles. The zero-order valence-corrected chi connectivity index (χ0v) is 14.7. The smallest absolute Gasteiger partial charge is 0.329 e. The number of benzene rings is 1. The average Bonchev–Trinajstić information content (AvgIpc) is 3.45. The third-order valence-electron chi connectivity index (χ3n) is 4.99. The Morgan fingerprint density at radius 2 is 1.69 bits per heavy atom. The van der Waals surface area contributed by atoms with E-state index in [-0.39, 0.29) is 5.91 Å².